The first-order chi connectivity index (χ1) is 7.24. The molecule has 1 rings (SSSR count). The molecule has 0 spiro atoms. The highest BCUT2D eigenvalue weighted by atomic mass is 14.6. The van der Waals surface area contributed by atoms with Gasteiger partial charge in [0.05, 0.1) is 0 Å². The van der Waals surface area contributed by atoms with E-state index in [9.17, 15) is 0 Å². The highest BCUT2D eigenvalue weighted by Gasteiger charge is 2.20. The van der Waals surface area contributed by atoms with Crippen molar-refractivity contribution in [3.05, 3.63) is 0 Å². The summed E-state index contributed by atoms with van der Waals surface area (Å²) in [6.45, 7) is 4.66. The van der Waals surface area contributed by atoms with Crippen LogP contribution in [0, 0.1) is 11.8 Å². The summed E-state index contributed by atoms with van der Waals surface area (Å²) in [5, 5.41) is 0. The standard InChI is InChI=1S/C14H29N/c1-3-8-14(15)13-10-7-5-4-6-9-12(2)11-13/h12-14H,3-11,15H2,1-2H3. The number of hydrogen-bond acceptors (Lipinski definition) is 1. The van der Waals surface area contributed by atoms with Crippen LogP contribution in [0.25, 0.3) is 0 Å². The molecule has 3 unspecified atom stereocenters. The smallest absolute Gasteiger partial charge is 0.00671 e. The van der Waals surface area contributed by atoms with Gasteiger partial charge in [-0.1, -0.05) is 52.4 Å². The molecule has 0 radical (unpaired) electrons. The molecule has 0 aromatic rings. The van der Waals surface area contributed by atoms with Gasteiger partial charge in [0.1, 0.15) is 0 Å². The van der Waals surface area contributed by atoms with Gasteiger partial charge in [0, 0.05) is 6.04 Å². The molecule has 1 nitrogen and oxygen atoms in total. The molecule has 1 heteroatoms. The fourth-order valence-electron chi connectivity index (χ4n) is 2.96. The van der Waals surface area contributed by atoms with Gasteiger partial charge in [-0.25, -0.2) is 0 Å². The molecule has 0 bridgehead atoms. The zero-order valence-corrected chi connectivity index (χ0v) is 10.7. The van der Waals surface area contributed by atoms with E-state index in [4.69, 9.17) is 5.73 Å². The van der Waals surface area contributed by atoms with Crippen LogP contribution in [0.2, 0.25) is 0 Å². The van der Waals surface area contributed by atoms with Crippen LogP contribution < -0.4 is 5.73 Å². The topological polar surface area (TPSA) is 26.0 Å². The van der Waals surface area contributed by atoms with Gasteiger partial charge in [0.2, 0.25) is 0 Å². The minimum absolute atomic E-state index is 0.468. The molecule has 0 aliphatic heterocycles. The number of nitrogens with two attached hydrogens (primary N) is 1. The van der Waals surface area contributed by atoms with Crippen LogP contribution in [0.1, 0.15) is 71.6 Å². The summed E-state index contributed by atoms with van der Waals surface area (Å²) in [7, 11) is 0. The predicted octanol–water partition coefficient (Wildman–Crippen LogP) is 4.11. The maximum absolute atomic E-state index is 6.29. The van der Waals surface area contributed by atoms with E-state index in [-0.39, 0.29) is 0 Å². The van der Waals surface area contributed by atoms with Crippen molar-refractivity contribution in [3.63, 3.8) is 0 Å². The Morgan fingerprint density at radius 3 is 2.47 bits per heavy atom. The van der Waals surface area contributed by atoms with Gasteiger partial charge in [0.25, 0.3) is 0 Å². The molecule has 1 fully saturated rings. The summed E-state index contributed by atoms with van der Waals surface area (Å²) in [5.74, 6) is 1.70. The van der Waals surface area contributed by atoms with E-state index >= 15 is 0 Å². The molecule has 0 heterocycles. The van der Waals surface area contributed by atoms with E-state index in [1.165, 1.54) is 57.8 Å². The van der Waals surface area contributed by atoms with E-state index in [0.29, 0.717) is 6.04 Å². The van der Waals surface area contributed by atoms with E-state index in [2.05, 4.69) is 13.8 Å². The van der Waals surface area contributed by atoms with Crippen LogP contribution >= 0.6 is 0 Å². The maximum Gasteiger partial charge on any atom is 0.00671 e. The van der Waals surface area contributed by atoms with E-state index in [1.807, 2.05) is 0 Å². The van der Waals surface area contributed by atoms with Crippen molar-refractivity contribution in [1.82, 2.24) is 0 Å². The van der Waals surface area contributed by atoms with Crippen molar-refractivity contribution < 1.29 is 0 Å². The Balaban J connectivity index is 2.43. The largest absolute Gasteiger partial charge is 0.327 e. The summed E-state index contributed by atoms with van der Waals surface area (Å²) < 4.78 is 0. The zero-order chi connectivity index (χ0) is 11.1. The van der Waals surface area contributed by atoms with Gasteiger partial charge < -0.3 is 5.73 Å². The lowest BCUT2D eigenvalue weighted by Gasteiger charge is -2.25. The first-order valence-corrected chi connectivity index (χ1v) is 6.99. The molecule has 15 heavy (non-hydrogen) atoms. The van der Waals surface area contributed by atoms with Crippen molar-refractivity contribution in [2.24, 2.45) is 17.6 Å². The highest BCUT2D eigenvalue weighted by Crippen LogP contribution is 2.28. The van der Waals surface area contributed by atoms with Crippen LogP contribution in [0.4, 0.5) is 0 Å². The van der Waals surface area contributed by atoms with Crippen LogP contribution in [0.3, 0.4) is 0 Å². The Morgan fingerprint density at radius 2 is 1.80 bits per heavy atom. The Kier molecular flexibility index (Phi) is 6.31. The van der Waals surface area contributed by atoms with Gasteiger partial charge in [-0.05, 0) is 31.1 Å². The van der Waals surface area contributed by atoms with E-state index in [1.54, 1.807) is 0 Å². The minimum Gasteiger partial charge on any atom is -0.327 e. The molecular weight excluding hydrogens is 182 g/mol. The molecule has 0 aromatic heterocycles. The fraction of sp³-hybridized carbons (Fsp3) is 1.00. The molecular formula is C14H29N. The summed E-state index contributed by atoms with van der Waals surface area (Å²) >= 11 is 0. The Labute approximate surface area is 95.8 Å². The van der Waals surface area contributed by atoms with Gasteiger partial charge in [-0.15, -0.1) is 0 Å². The molecule has 0 saturated heterocycles. The molecule has 0 amide bonds. The van der Waals surface area contributed by atoms with E-state index in [0.717, 1.165) is 11.8 Å². The average Bonchev–Trinajstić information content (AvgIpc) is 2.30. The molecule has 90 valence electrons. The van der Waals surface area contributed by atoms with Crippen LogP contribution in [0.5, 0.6) is 0 Å². The zero-order valence-electron chi connectivity index (χ0n) is 10.7. The second-order valence-electron chi connectivity index (χ2n) is 5.55. The summed E-state index contributed by atoms with van der Waals surface area (Å²) in [6.07, 6.45) is 12.4. The van der Waals surface area contributed by atoms with Crippen molar-refractivity contribution >= 4 is 0 Å². The van der Waals surface area contributed by atoms with Crippen molar-refractivity contribution in [2.45, 2.75) is 77.7 Å². The number of hydrogen-bond donors (Lipinski definition) is 1. The van der Waals surface area contributed by atoms with Gasteiger partial charge in [0.15, 0.2) is 0 Å². The lowest BCUT2D eigenvalue weighted by molar-refractivity contribution is 0.298. The van der Waals surface area contributed by atoms with Crippen LogP contribution in [-0.2, 0) is 0 Å². The van der Waals surface area contributed by atoms with Gasteiger partial charge in [-0.2, -0.15) is 0 Å². The minimum atomic E-state index is 0.468. The van der Waals surface area contributed by atoms with E-state index < -0.39 is 0 Å². The Bertz CT molecular complexity index is 155. The van der Waals surface area contributed by atoms with Crippen LogP contribution in [-0.4, -0.2) is 6.04 Å². The van der Waals surface area contributed by atoms with Gasteiger partial charge >= 0.3 is 0 Å². The van der Waals surface area contributed by atoms with Crippen molar-refractivity contribution in [3.8, 4) is 0 Å². The SMILES string of the molecule is CCCC(N)C1CCCCCCC(C)C1. The molecule has 3 atom stereocenters. The molecule has 1 aliphatic rings. The Morgan fingerprint density at radius 1 is 1.13 bits per heavy atom. The monoisotopic (exact) mass is 211 g/mol. The fourth-order valence-corrected chi connectivity index (χ4v) is 2.96. The second-order valence-corrected chi connectivity index (χ2v) is 5.55. The van der Waals surface area contributed by atoms with Crippen molar-refractivity contribution in [2.75, 3.05) is 0 Å². The predicted molar refractivity (Wildman–Crippen MR) is 67.9 cm³/mol. The van der Waals surface area contributed by atoms with Crippen LogP contribution in [0.15, 0.2) is 0 Å². The number of rotatable bonds is 3. The normalized spacial score (nSPS) is 31.4. The average molecular weight is 211 g/mol. The summed E-state index contributed by atoms with van der Waals surface area (Å²) in [6, 6.07) is 0.468. The first-order valence-electron chi connectivity index (χ1n) is 6.99. The lowest BCUT2D eigenvalue weighted by Crippen LogP contribution is -2.31. The van der Waals surface area contributed by atoms with Gasteiger partial charge in [-0.3, -0.25) is 0 Å². The third-order valence-electron chi connectivity index (χ3n) is 3.95. The second kappa shape index (κ2) is 7.27. The third-order valence-corrected chi connectivity index (χ3v) is 3.95. The quantitative estimate of drug-likeness (QED) is 0.747. The molecule has 1 saturated carbocycles. The molecule has 0 aromatic carbocycles. The third kappa shape index (κ3) is 5.01. The lowest BCUT2D eigenvalue weighted by atomic mass is 9.84. The summed E-state index contributed by atoms with van der Waals surface area (Å²) in [5.41, 5.74) is 6.29. The Hall–Kier alpha value is -0.0400. The molecule has 2 N–H and O–H groups in total. The summed E-state index contributed by atoms with van der Waals surface area (Å²) in [4.78, 5) is 0. The highest BCUT2D eigenvalue weighted by molar-refractivity contribution is 4.76. The molecule has 1 aliphatic carbocycles. The maximum atomic E-state index is 6.29. The van der Waals surface area contributed by atoms with Crippen molar-refractivity contribution in [1.29, 1.82) is 0 Å². The first kappa shape index (κ1) is 13.0.